The van der Waals surface area contributed by atoms with E-state index in [-0.39, 0.29) is 29.2 Å². The third-order valence-electron chi connectivity index (χ3n) is 2.97. The van der Waals surface area contributed by atoms with Gasteiger partial charge in [0.2, 0.25) is 0 Å². The number of aromatic hydroxyl groups is 1. The number of hydrogen-bond donors (Lipinski definition) is 2. The lowest BCUT2D eigenvalue weighted by atomic mass is 9.95. The van der Waals surface area contributed by atoms with Gasteiger partial charge in [-0.1, -0.05) is 11.6 Å². The van der Waals surface area contributed by atoms with Crippen LogP contribution in [-0.2, 0) is 9.53 Å². The summed E-state index contributed by atoms with van der Waals surface area (Å²) in [6.07, 6.45) is 0.161. The number of halogens is 1. The summed E-state index contributed by atoms with van der Waals surface area (Å²) in [5.41, 5.74) is -1.38. The maximum Gasteiger partial charge on any atom is 0.331 e. The molecule has 0 fully saturated rings. The van der Waals surface area contributed by atoms with E-state index in [1.165, 1.54) is 32.2 Å². The van der Waals surface area contributed by atoms with Gasteiger partial charge in [-0.3, -0.25) is 4.79 Å². The molecule has 0 unspecified atom stereocenters. The molecule has 0 radical (unpaired) electrons. The van der Waals surface area contributed by atoms with Crippen LogP contribution in [-0.4, -0.2) is 29.6 Å². The van der Waals surface area contributed by atoms with Gasteiger partial charge in [0, 0.05) is 11.4 Å². The highest BCUT2D eigenvalue weighted by atomic mass is 35.5. The molecule has 0 bridgehead atoms. The van der Waals surface area contributed by atoms with Crippen LogP contribution in [0.5, 0.6) is 5.75 Å². The van der Waals surface area contributed by atoms with E-state index < -0.39 is 17.4 Å². The number of amides is 1. The molecular weight excluding hydrogens is 296 g/mol. The van der Waals surface area contributed by atoms with Gasteiger partial charge in [-0.15, -0.1) is 0 Å². The summed E-state index contributed by atoms with van der Waals surface area (Å²) in [7, 11) is 1.19. The summed E-state index contributed by atoms with van der Waals surface area (Å²) in [5, 5.41) is 21.1. The van der Waals surface area contributed by atoms with Gasteiger partial charge in [0.25, 0.3) is 5.91 Å². The number of ether oxygens (including phenoxy) is 1. The maximum atomic E-state index is 12.2. The highest BCUT2D eigenvalue weighted by Crippen LogP contribution is 2.23. The van der Waals surface area contributed by atoms with Crippen molar-refractivity contribution in [1.29, 1.82) is 5.26 Å². The number of benzene rings is 1. The first-order chi connectivity index (χ1) is 9.84. The molecule has 1 atom stereocenters. The Bertz CT molecular complexity index is 597. The van der Waals surface area contributed by atoms with Gasteiger partial charge < -0.3 is 15.2 Å². The fraction of sp³-hybridized carbons (Fsp3) is 0.357. The Labute approximate surface area is 127 Å². The SMILES string of the molecule is COC(=O)[C@@](C)(CCC#N)NC(=O)c1ccc(Cl)cc1O. The molecule has 0 spiro atoms. The highest BCUT2D eigenvalue weighted by molar-refractivity contribution is 6.30. The molecule has 2 N–H and O–H groups in total. The molecule has 0 aliphatic heterocycles. The van der Waals surface area contributed by atoms with Gasteiger partial charge in [0.1, 0.15) is 11.3 Å². The summed E-state index contributed by atoms with van der Waals surface area (Å²) < 4.78 is 4.65. The average molecular weight is 311 g/mol. The zero-order valence-corrected chi connectivity index (χ0v) is 12.4. The van der Waals surface area contributed by atoms with Gasteiger partial charge in [0.05, 0.1) is 18.7 Å². The van der Waals surface area contributed by atoms with E-state index in [1.807, 2.05) is 6.07 Å². The minimum atomic E-state index is -1.35. The minimum Gasteiger partial charge on any atom is -0.507 e. The van der Waals surface area contributed by atoms with Crippen LogP contribution in [0.4, 0.5) is 0 Å². The van der Waals surface area contributed by atoms with Crippen molar-refractivity contribution >= 4 is 23.5 Å². The standard InChI is InChI=1S/C14H15ClN2O4/c1-14(6-3-7-16,13(20)21-2)17-12(19)10-5-4-9(15)8-11(10)18/h4-5,8,18H,3,6H2,1-2H3,(H,17,19)/t14-/m1/s1. The third kappa shape index (κ3) is 4.10. The second-order valence-corrected chi connectivity index (χ2v) is 5.03. The first-order valence-corrected chi connectivity index (χ1v) is 6.48. The molecule has 112 valence electrons. The first kappa shape index (κ1) is 16.8. The summed E-state index contributed by atoms with van der Waals surface area (Å²) >= 11 is 5.69. The number of nitriles is 1. The van der Waals surface area contributed by atoms with E-state index in [4.69, 9.17) is 16.9 Å². The number of phenols is 1. The van der Waals surface area contributed by atoms with E-state index in [9.17, 15) is 14.7 Å². The van der Waals surface area contributed by atoms with Gasteiger partial charge in [-0.05, 0) is 31.5 Å². The molecule has 6 nitrogen and oxygen atoms in total. The molecule has 1 amide bonds. The van der Waals surface area contributed by atoms with Crippen molar-refractivity contribution in [2.75, 3.05) is 7.11 Å². The second kappa shape index (κ2) is 6.95. The lowest BCUT2D eigenvalue weighted by Gasteiger charge is -2.27. The smallest absolute Gasteiger partial charge is 0.331 e. The van der Waals surface area contributed by atoms with Crippen molar-refractivity contribution in [1.82, 2.24) is 5.32 Å². The number of phenolic OH excluding ortho intramolecular Hbond substituents is 1. The monoisotopic (exact) mass is 310 g/mol. The lowest BCUT2D eigenvalue weighted by molar-refractivity contribution is -0.147. The molecule has 0 aromatic heterocycles. The van der Waals surface area contributed by atoms with Crippen LogP contribution < -0.4 is 5.32 Å². The average Bonchev–Trinajstić information content (AvgIpc) is 2.43. The van der Waals surface area contributed by atoms with E-state index >= 15 is 0 Å². The molecule has 0 aliphatic rings. The zero-order chi connectivity index (χ0) is 16.0. The van der Waals surface area contributed by atoms with Gasteiger partial charge in [-0.25, -0.2) is 4.79 Å². The molecule has 1 rings (SSSR count). The fourth-order valence-electron chi connectivity index (χ4n) is 1.76. The number of nitrogens with zero attached hydrogens (tertiary/aromatic N) is 1. The van der Waals surface area contributed by atoms with Crippen molar-refractivity contribution in [3.05, 3.63) is 28.8 Å². The normalized spacial score (nSPS) is 12.9. The molecule has 0 aliphatic carbocycles. The lowest BCUT2D eigenvalue weighted by Crippen LogP contribution is -2.52. The number of methoxy groups -OCH3 is 1. The second-order valence-electron chi connectivity index (χ2n) is 4.60. The van der Waals surface area contributed by atoms with Crippen LogP contribution in [0.2, 0.25) is 5.02 Å². The van der Waals surface area contributed by atoms with Crippen LogP contribution in [0.3, 0.4) is 0 Å². The largest absolute Gasteiger partial charge is 0.507 e. The molecule has 1 aromatic carbocycles. The summed E-state index contributed by atoms with van der Waals surface area (Å²) in [4.78, 5) is 24.0. The van der Waals surface area contributed by atoms with Crippen LogP contribution in [0.15, 0.2) is 18.2 Å². The molecule has 0 saturated heterocycles. The number of rotatable bonds is 5. The molecule has 1 aromatic rings. The maximum absolute atomic E-state index is 12.2. The van der Waals surface area contributed by atoms with Gasteiger partial charge in [0.15, 0.2) is 0 Å². The minimum absolute atomic E-state index is 0.0218. The molecule has 21 heavy (non-hydrogen) atoms. The number of nitrogens with one attached hydrogen (secondary N) is 1. The van der Waals surface area contributed by atoms with E-state index in [2.05, 4.69) is 10.1 Å². The highest BCUT2D eigenvalue weighted by Gasteiger charge is 2.36. The van der Waals surface area contributed by atoms with Crippen molar-refractivity contribution in [2.45, 2.75) is 25.3 Å². The predicted molar refractivity (Wildman–Crippen MR) is 75.9 cm³/mol. The van der Waals surface area contributed by atoms with Gasteiger partial charge in [-0.2, -0.15) is 5.26 Å². The molecular formula is C14H15ClN2O4. The third-order valence-corrected chi connectivity index (χ3v) is 3.20. The molecule has 7 heteroatoms. The Morgan fingerprint density at radius 3 is 2.71 bits per heavy atom. The molecule has 0 heterocycles. The number of carbonyl (C=O) groups is 2. The fourth-order valence-corrected chi connectivity index (χ4v) is 1.93. The Morgan fingerprint density at radius 2 is 2.19 bits per heavy atom. The van der Waals surface area contributed by atoms with Gasteiger partial charge >= 0.3 is 5.97 Å². The quantitative estimate of drug-likeness (QED) is 0.810. The summed E-state index contributed by atoms with van der Waals surface area (Å²) in [5.74, 6) is -1.62. The Kier molecular flexibility index (Phi) is 5.56. The summed E-state index contributed by atoms with van der Waals surface area (Å²) in [6, 6.07) is 5.92. The van der Waals surface area contributed by atoms with Crippen LogP contribution in [0.25, 0.3) is 0 Å². The van der Waals surface area contributed by atoms with Crippen LogP contribution in [0.1, 0.15) is 30.1 Å². The Hall–Kier alpha value is -2.26. The number of hydrogen-bond acceptors (Lipinski definition) is 5. The van der Waals surface area contributed by atoms with Crippen molar-refractivity contribution in [2.24, 2.45) is 0 Å². The zero-order valence-electron chi connectivity index (χ0n) is 11.6. The predicted octanol–water partition coefficient (Wildman–Crippen LogP) is 2.01. The Morgan fingerprint density at radius 1 is 1.52 bits per heavy atom. The van der Waals surface area contributed by atoms with Crippen molar-refractivity contribution in [3.63, 3.8) is 0 Å². The van der Waals surface area contributed by atoms with Crippen molar-refractivity contribution in [3.8, 4) is 11.8 Å². The molecule has 0 saturated carbocycles. The number of esters is 1. The van der Waals surface area contributed by atoms with E-state index in [0.717, 1.165) is 0 Å². The summed E-state index contributed by atoms with van der Waals surface area (Å²) in [6.45, 7) is 1.46. The van der Waals surface area contributed by atoms with Crippen LogP contribution >= 0.6 is 11.6 Å². The van der Waals surface area contributed by atoms with Crippen LogP contribution in [0, 0.1) is 11.3 Å². The van der Waals surface area contributed by atoms with E-state index in [1.54, 1.807) is 0 Å². The number of carbonyl (C=O) groups excluding carboxylic acids is 2. The van der Waals surface area contributed by atoms with Crippen molar-refractivity contribution < 1.29 is 19.4 Å². The first-order valence-electron chi connectivity index (χ1n) is 6.10. The topological polar surface area (TPSA) is 99.4 Å². The Balaban J connectivity index is 3.00. The van der Waals surface area contributed by atoms with E-state index in [0.29, 0.717) is 0 Å².